The molecule has 0 fully saturated rings. The number of hydrogen-bond acceptors (Lipinski definition) is 6. The minimum Gasteiger partial charge on any atom is -0.292 e. The van der Waals surface area contributed by atoms with E-state index in [1.165, 1.54) is 0 Å². The number of anilines is 1. The number of rotatable bonds is 4. The van der Waals surface area contributed by atoms with Gasteiger partial charge in [0.15, 0.2) is 0 Å². The molecule has 8 nitrogen and oxygen atoms in total. The molecule has 0 N–H and O–H groups in total. The molecule has 0 saturated carbocycles. The summed E-state index contributed by atoms with van der Waals surface area (Å²) >= 11 is 0. The van der Waals surface area contributed by atoms with E-state index in [9.17, 15) is 4.79 Å². The van der Waals surface area contributed by atoms with Crippen LogP contribution in [-0.2, 0) is 17.8 Å². The van der Waals surface area contributed by atoms with Gasteiger partial charge in [-0.2, -0.15) is 4.68 Å². The summed E-state index contributed by atoms with van der Waals surface area (Å²) in [6, 6.07) is 16.2. The lowest BCUT2D eigenvalue weighted by atomic mass is 9.93. The third kappa shape index (κ3) is 3.53. The normalized spacial score (nSPS) is 15.7. The van der Waals surface area contributed by atoms with Crippen LogP contribution in [0.15, 0.2) is 54.9 Å². The van der Waals surface area contributed by atoms with Gasteiger partial charge in [-0.3, -0.25) is 9.69 Å². The fraction of sp³-hybridized carbons (Fsp3) is 0.250. The number of nitrogens with zero attached hydrogens (tertiary/aromatic N) is 7. The number of aryl methyl sites for hydroxylation is 2. The summed E-state index contributed by atoms with van der Waals surface area (Å²) < 4.78 is 1.65. The summed E-state index contributed by atoms with van der Waals surface area (Å²) in [5.41, 5.74) is 6.03. The molecular formula is C24H23N7O. The van der Waals surface area contributed by atoms with Gasteiger partial charge in [-0.15, -0.1) is 5.10 Å². The van der Waals surface area contributed by atoms with Gasteiger partial charge in [0, 0.05) is 22.7 Å². The third-order valence-electron chi connectivity index (χ3n) is 5.86. The number of carbonyl (C=O) groups excluding carboxylic acids is 1. The number of fused-ring (bicyclic) bond motifs is 1. The molecule has 1 amide bonds. The van der Waals surface area contributed by atoms with Gasteiger partial charge in [0.05, 0.1) is 12.2 Å². The van der Waals surface area contributed by atoms with Gasteiger partial charge >= 0.3 is 0 Å². The van der Waals surface area contributed by atoms with E-state index in [4.69, 9.17) is 0 Å². The van der Waals surface area contributed by atoms with Crippen molar-refractivity contribution in [1.29, 1.82) is 0 Å². The molecule has 3 heterocycles. The predicted molar refractivity (Wildman–Crippen MR) is 120 cm³/mol. The number of aromatic nitrogens is 6. The van der Waals surface area contributed by atoms with Crippen molar-refractivity contribution in [2.75, 3.05) is 4.90 Å². The Bertz CT molecular complexity index is 1280. The molecule has 5 rings (SSSR count). The van der Waals surface area contributed by atoms with Gasteiger partial charge in [-0.05, 0) is 47.9 Å². The van der Waals surface area contributed by atoms with E-state index in [-0.39, 0.29) is 11.8 Å². The van der Waals surface area contributed by atoms with Gasteiger partial charge in [0.2, 0.25) is 5.91 Å². The van der Waals surface area contributed by atoms with Gasteiger partial charge in [-0.25, -0.2) is 9.97 Å². The van der Waals surface area contributed by atoms with E-state index in [0.717, 1.165) is 39.5 Å². The Morgan fingerprint density at radius 3 is 2.56 bits per heavy atom. The summed E-state index contributed by atoms with van der Waals surface area (Å²) in [6.45, 7) is 6.30. The first-order valence-corrected chi connectivity index (χ1v) is 10.6. The second-order valence-electron chi connectivity index (χ2n) is 8.16. The monoisotopic (exact) mass is 425 g/mol. The van der Waals surface area contributed by atoms with E-state index in [2.05, 4.69) is 49.8 Å². The first-order valence-electron chi connectivity index (χ1n) is 10.6. The molecule has 0 saturated heterocycles. The fourth-order valence-corrected chi connectivity index (χ4v) is 4.26. The molecule has 0 bridgehead atoms. The summed E-state index contributed by atoms with van der Waals surface area (Å²) in [5.74, 6) is 1.44. The van der Waals surface area contributed by atoms with Gasteiger partial charge in [-0.1, -0.05) is 49.4 Å². The van der Waals surface area contributed by atoms with Crippen LogP contribution in [-0.4, -0.2) is 36.1 Å². The Labute approximate surface area is 185 Å². The van der Waals surface area contributed by atoms with E-state index in [0.29, 0.717) is 18.8 Å². The highest BCUT2D eigenvalue weighted by Crippen LogP contribution is 2.32. The Morgan fingerprint density at radius 1 is 1.03 bits per heavy atom. The van der Waals surface area contributed by atoms with Crippen molar-refractivity contribution in [3.8, 4) is 16.8 Å². The van der Waals surface area contributed by atoms with Crippen molar-refractivity contribution in [2.24, 2.45) is 5.92 Å². The molecule has 4 aromatic rings. The van der Waals surface area contributed by atoms with Gasteiger partial charge in [0.1, 0.15) is 18.0 Å². The van der Waals surface area contributed by atoms with Gasteiger partial charge in [0.25, 0.3) is 0 Å². The number of carbonyl (C=O) groups is 1. The minimum atomic E-state index is -0.0880. The van der Waals surface area contributed by atoms with E-state index in [1.54, 1.807) is 15.9 Å². The largest absolute Gasteiger partial charge is 0.292 e. The fourth-order valence-electron chi connectivity index (χ4n) is 4.26. The zero-order valence-corrected chi connectivity index (χ0v) is 18.2. The molecular weight excluding hydrogens is 402 g/mol. The number of hydrogen-bond donors (Lipinski definition) is 0. The average Bonchev–Trinajstić information content (AvgIpc) is 3.33. The molecule has 160 valence electrons. The first kappa shape index (κ1) is 20.0. The Kier molecular flexibility index (Phi) is 4.97. The highest BCUT2D eigenvalue weighted by molar-refractivity contribution is 5.97. The number of benzene rings is 2. The zero-order chi connectivity index (χ0) is 22.2. The van der Waals surface area contributed by atoms with Crippen LogP contribution in [0.5, 0.6) is 0 Å². The van der Waals surface area contributed by atoms with Crippen LogP contribution in [0.3, 0.4) is 0 Å². The number of para-hydroxylation sites is 1. The molecule has 2 aromatic heterocycles. The second kappa shape index (κ2) is 7.96. The molecule has 0 spiro atoms. The quantitative estimate of drug-likeness (QED) is 0.497. The summed E-state index contributed by atoms with van der Waals surface area (Å²) in [5, 5.41) is 11.5. The topological polar surface area (TPSA) is 89.7 Å². The SMILES string of the molecule is Cc1nc(C)c2c(n1)N(Cc1ccc(-c3ccccc3-n3cnnn3)cc1)C(=O)C(C)C2. The van der Waals surface area contributed by atoms with Crippen LogP contribution in [0.1, 0.15) is 29.6 Å². The lowest BCUT2D eigenvalue weighted by Crippen LogP contribution is -2.41. The highest BCUT2D eigenvalue weighted by Gasteiger charge is 2.32. The van der Waals surface area contributed by atoms with Crippen LogP contribution in [0.2, 0.25) is 0 Å². The molecule has 1 aliphatic heterocycles. The third-order valence-corrected chi connectivity index (χ3v) is 5.86. The first-order chi connectivity index (χ1) is 15.5. The molecule has 32 heavy (non-hydrogen) atoms. The molecule has 1 unspecified atom stereocenters. The van der Waals surface area contributed by atoms with E-state index >= 15 is 0 Å². The molecule has 0 radical (unpaired) electrons. The van der Waals surface area contributed by atoms with E-state index < -0.39 is 0 Å². The molecule has 1 atom stereocenters. The van der Waals surface area contributed by atoms with Crippen LogP contribution < -0.4 is 4.90 Å². The van der Waals surface area contributed by atoms with Crippen LogP contribution in [0.25, 0.3) is 16.8 Å². The van der Waals surface area contributed by atoms with Gasteiger partial charge < -0.3 is 0 Å². The number of amides is 1. The zero-order valence-electron chi connectivity index (χ0n) is 18.2. The van der Waals surface area contributed by atoms with Crippen LogP contribution in [0, 0.1) is 19.8 Å². The van der Waals surface area contributed by atoms with Crippen molar-refractivity contribution in [3.63, 3.8) is 0 Å². The van der Waals surface area contributed by atoms with Crippen molar-refractivity contribution in [1.82, 2.24) is 30.2 Å². The lowest BCUT2D eigenvalue weighted by Gasteiger charge is -2.32. The Morgan fingerprint density at radius 2 is 1.81 bits per heavy atom. The smallest absolute Gasteiger partial charge is 0.231 e. The lowest BCUT2D eigenvalue weighted by molar-refractivity contribution is -0.122. The highest BCUT2D eigenvalue weighted by atomic mass is 16.2. The standard InChI is InChI=1S/C24H23N7O/c1-15-12-21-16(2)26-17(3)27-23(21)30(24(15)32)13-18-8-10-19(11-9-18)20-6-4-5-7-22(20)31-14-25-28-29-31/h4-11,14-15H,12-13H2,1-3H3. The molecule has 8 heteroatoms. The summed E-state index contributed by atoms with van der Waals surface area (Å²) in [4.78, 5) is 23.9. The Hall–Kier alpha value is -3.94. The average molecular weight is 425 g/mol. The van der Waals surface area contributed by atoms with Crippen molar-refractivity contribution < 1.29 is 4.79 Å². The van der Waals surface area contributed by atoms with Crippen LogP contribution >= 0.6 is 0 Å². The predicted octanol–water partition coefficient (Wildman–Crippen LogP) is 3.46. The van der Waals surface area contributed by atoms with Crippen LogP contribution in [0.4, 0.5) is 5.82 Å². The molecule has 1 aliphatic rings. The van der Waals surface area contributed by atoms with Crippen molar-refractivity contribution in [2.45, 2.75) is 33.7 Å². The summed E-state index contributed by atoms with van der Waals surface area (Å²) in [6.07, 6.45) is 2.27. The Balaban J connectivity index is 1.46. The molecule has 0 aliphatic carbocycles. The summed E-state index contributed by atoms with van der Waals surface area (Å²) in [7, 11) is 0. The second-order valence-corrected chi connectivity index (χ2v) is 8.16. The van der Waals surface area contributed by atoms with Crippen molar-refractivity contribution in [3.05, 3.63) is 77.5 Å². The molecule has 2 aromatic carbocycles. The minimum absolute atomic E-state index is 0.0880. The maximum atomic E-state index is 13.0. The number of tetrazole rings is 1. The van der Waals surface area contributed by atoms with E-state index in [1.807, 2.05) is 45.0 Å². The van der Waals surface area contributed by atoms with Crippen molar-refractivity contribution >= 4 is 11.7 Å². The maximum Gasteiger partial charge on any atom is 0.231 e. The maximum absolute atomic E-state index is 13.0.